The summed E-state index contributed by atoms with van der Waals surface area (Å²) in [6, 6.07) is 0. The van der Waals surface area contributed by atoms with Crippen molar-refractivity contribution in [2.24, 2.45) is 4.99 Å². The van der Waals surface area contributed by atoms with Gasteiger partial charge in [-0.15, -0.1) is 0 Å². The van der Waals surface area contributed by atoms with E-state index in [1.54, 1.807) is 0 Å². The van der Waals surface area contributed by atoms with Crippen LogP contribution in [0.15, 0.2) is 4.99 Å². The molecule has 0 amide bonds. The van der Waals surface area contributed by atoms with Gasteiger partial charge >= 0.3 is 0 Å². The summed E-state index contributed by atoms with van der Waals surface area (Å²) in [6.07, 6.45) is 57.2. The van der Waals surface area contributed by atoms with Crippen molar-refractivity contribution >= 4 is 5.96 Å². The van der Waals surface area contributed by atoms with Crippen LogP contribution in [0.25, 0.3) is 0 Å². The summed E-state index contributed by atoms with van der Waals surface area (Å²) in [6.45, 7) is 8.08. The van der Waals surface area contributed by atoms with E-state index in [0.717, 1.165) is 38.5 Å². The van der Waals surface area contributed by atoms with Crippen molar-refractivity contribution in [2.45, 2.75) is 328 Å². The van der Waals surface area contributed by atoms with Crippen LogP contribution in [0.5, 0.6) is 0 Å². The Kier molecular flexibility index (Phi) is 51.1. The van der Waals surface area contributed by atoms with Crippen LogP contribution in [-0.4, -0.2) is 59.2 Å². The summed E-state index contributed by atoms with van der Waals surface area (Å²) in [4.78, 5) is 4.72. The summed E-state index contributed by atoms with van der Waals surface area (Å²) in [7, 11) is 0. The van der Waals surface area contributed by atoms with E-state index in [-0.39, 0.29) is 0 Å². The summed E-state index contributed by atoms with van der Waals surface area (Å²) < 4.78 is 0. The first-order valence-corrected chi connectivity index (χ1v) is 28.1. The molecular formula is C55H113N3O3. The quantitative estimate of drug-likeness (QED) is 0.0238. The van der Waals surface area contributed by atoms with Crippen LogP contribution in [0.2, 0.25) is 0 Å². The Balaban J connectivity index is 4.35. The molecule has 0 bridgehead atoms. The standard InChI is InChI=1S/C55H113N3O3/c1-4-7-10-13-16-19-22-25-28-31-34-37-40-43-46-52(59)49-56-55(57-50-53(60)47-44-41-38-35-32-29-26-23-20-17-14-11-8-5-2)58-51-54(61)48-45-42-39-36-33-30-27-24-21-18-15-12-9-6-3/h52-54,59-61H,4-51H2,1-3H3,(H2,56,57,58). The Morgan fingerprint density at radius 2 is 0.492 bits per heavy atom. The molecule has 6 heteroatoms. The van der Waals surface area contributed by atoms with E-state index in [2.05, 4.69) is 31.4 Å². The number of aliphatic hydroxyl groups is 3. The molecule has 6 nitrogen and oxygen atoms in total. The molecule has 0 aliphatic rings. The first-order chi connectivity index (χ1) is 30.0. The number of unbranched alkanes of at least 4 members (excludes halogenated alkanes) is 39. The SMILES string of the molecule is CCCCCCCCCCCCCCCCC(O)CN=C(NCC(O)CCCCCCCCCCCCCCCC)NCC(O)CCCCCCCCCCCCCCCC. The molecule has 366 valence electrons. The van der Waals surface area contributed by atoms with Crippen molar-refractivity contribution in [3.05, 3.63) is 0 Å². The number of nitrogens with one attached hydrogen (secondary N) is 2. The molecular weight excluding hydrogens is 751 g/mol. The largest absolute Gasteiger partial charge is 0.391 e. The Labute approximate surface area is 383 Å². The van der Waals surface area contributed by atoms with Crippen LogP contribution >= 0.6 is 0 Å². The molecule has 0 radical (unpaired) electrons. The van der Waals surface area contributed by atoms with Crippen LogP contribution in [-0.2, 0) is 0 Å². The maximum atomic E-state index is 10.8. The van der Waals surface area contributed by atoms with Crippen LogP contribution in [0.1, 0.15) is 310 Å². The maximum Gasteiger partial charge on any atom is 0.191 e. The van der Waals surface area contributed by atoms with Gasteiger partial charge in [-0.2, -0.15) is 0 Å². The normalized spacial score (nSPS) is 13.1. The second-order valence-corrected chi connectivity index (χ2v) is 19.6. The van der Waals surface area contributed by atoms with Crippen LogP contribution in [0.3, 0.4) is 0 Å². The fourth-order valence-electron chi connectivity index (χ4n) is 8.82. The summed E-state index contributed by atoms with van der Waals surface area (Å²) in [5.74, 6) is 0.597. The predicted octanol–water partition coefficient (Wildman–Crippen LogP) is 16.2. The van der Waals surface area contributed by atoms with Gasteiger partial charge in [-0.25, -0.2) is 0 Å². The first-order valence-electron chi connectivity index (χ1n) is 28.1. The average Bonchev–Trinajstić information content (AvgIpc) is 3.26. The highest BCUT2D eigenvalue weighted by atomic mass is 16.3. The number of guanidine groups is 1. The van der Waals surface area contributed by atoms with Crippen molar-refractivity contribution in [3.63, 3.8) is 0 Å². The maximum absolute atomic E-state index is 10.8. The lowest BCUT2D eigenvalue weighted by Crippen LogP contribution is -2.44. The third-order valence-electron chi connectivity index (χ3n) is 13.1. The molecule has 0 spiro atoms. The van der Waals surface area contributed by atoms with Crippen molar-refractivity contribution < 1.29 is 15.3 Å². The van der Waals surface area contributed by atoms with Gasteiger partial charge in [0.25, 0.3) is 0 Å². The number of aliphatic imine (C=N–C) groups is 1. The van der Waals surface area contributed by atoms with Crippen molar-refractivity contribution in [1.29, 1.82) is 0 Å². The molecule has 5 N–H and O–H groups in total. The molecule has 0 aliphatic heterocycles. The Hall–Kier alpha value is -0.850. The number of hydrogen-bond donors (Lipinski definition) is 5. The van der Waals surface area contributed by atoms with E-state index in [9.17, 15) is 15.3 Å². The van der Waals surface area contributed by atoms with Crippen LogP contribution < -0.4 is 10.6 Å². The predicted molar refractivity (Wildman–Crippen MR) is 271 cm³/mol. The molecule has 0 saturated carbocycles. The van der Waals surface area contributed by atoms with Crippen molar-refractivity contribution in [2.75, 3.05) is 19.6 Å². The van der Waals surface area contributed by atoms with E-state index in [1.807, 2.05) is 0 Å². The van der Waals surface area contributed by atoms with Gasteiger partial charge in [-0.05, 0) is 19.3 Å². The number of nitrogens with zero attached hydrogens (tertiary/aromatic N) is 1. The smallest absolute Gasteiger partial charge is 0.191 e. The van der Waals surface area contributed by atoms with Crippen LogP contribution in [0, 0.1) is 0 Å². The molecule has 3 unspecified atom stereocenters. The molecule has 0 rings (SSSR count). The molecule has 0 aromatic rings. The second-order valence-electron chi connectivity index (χ2n) is 19.6. The van der Waals surface area contributed by atoms with Gasteiger partial charge in [0.15, 0.2) is 5.96 Å². The highest BCUT2D eigenvalue weighted by Gasteiger charge is 2.11. The molecule has 0 aromatic carbocycles. The van der Waals surface area contributed by atoms with E-state index >= 15 is 0 Å². The molecule has 61 heavy (non-hydrogen) atoms. The van der Waals surface area contributed by atoms with Gasteiger partial charge in [-0.3, -0.25) is 4.99 Å². The van der Waals surface area contributed by atoms with Gasteiger partial charge in [0, 0.05) is 13.1 Å². The molecule has 0 aliphatic carbocycles. The van der Waals surface area contributed by atoms with E-state index in [1.165, 1.54) is 250 Å². The minimum absolute atomic E-state index is 0.345. The van der Waals surface area contributed by atoms with Crippen molar-refractivity contribution in [3.8, 4) is 0 Å². The number of rotatable bonds is 51. The van der Waals surface area contributed by atoms with E-state index < -0.39 is 18.3 Å². The summed E-state index contributed by atoms with van der Waals surface area (Å²) in [5.41, 5.74) is 0. The molecule has 0 aromatic heterocycles. The Morgan fingerprint density at radius 3 is 0.721 bits per heavy atom. The van der Waals surface area contributed by atoms with Gasteiger partial charge < -0.3 is 26.0 Å². The van der Waals surface area contributed by atoms with Gasteiger partial charge in [-0.1, -0.05) is 290 Å². The zero-order chi connectivity index (χ0) is 44.4. The second kappa shape index (κ2) is 51.8. The summed E-state index contributed by atoms with van der Waals surface area (Å²) in [5, 5.41) is 39.0. The van der Waals surface area contributed by atoms with Gasteiger partial charge in [0.05, 0.1) is 24.9 Å². The molecule has 0 saturated heterocycles. The minimum atomic E-state index is -0.461. The highest BCUT2D eigenvalue weighted by molar-refractivity contribution is 5.79. The zero-order valence-electron chi connectivity index (χ0n) is 42.0. The highest BCUT2D eigenvalue weighted by Crippen LogP contribution is 2.17. The van der Waals surface area contributed by atoms with Gasteiger partial charge in [0.2, 0.25) is 0 Å². The van der Waals surface area contributed by atoms with Crippen LogP contribution in [0.4, 0.5) is 0 Å². The average molecular weight is 865 g/mol. The monoisotopic (exact) mass is 864 g/mol. The molecule has 3 atom stereocenters. The van der Waals surface area contributed by atoms with Crippen molar-refractivity contribution in [1.82, 2.24) is 10.6 Å². The van der Waals surface area contributed by atoms with E-state index in [0.29, 0.717) is 25.6 Å². The lowest BCUT2D eigenvalue weighted by Gasteiger charge is -2.18. The van der Waals surface area contributed by atoms with Gasteiger partial charge in [0.1, 0.15) is 0 Å². The fourth-order valence-corrected chi connectivity index (χ4v) is 8.82. The topological polar surface area (TPSA) is 97.1 Å². The third kappa shape index (κ3) is 50.0. The Bertz CT molecular complexity index is 797. The third-order valence-corrected chi connectivity index (χ3v) is 13.1. The number of aliphatic hydroxyl groups excluding tert-OH is 3. The lowest BCUT2D eigenvalue weighted by atomic mass is 10.0. The minimum Gasteiger partial charge on any atom is -0.391 e. The molecule has 0 heterocycles. The fraction of sp³-hybridized carbons (Fsp3) is 0.982. The first kappa shape index (κ1) is 60.2. The zero-order valence-corrected chi connectivity index (χ0v) is 42.0. The summed E-state index contributed by atoms with van der Waals surface area (Å²) >= 11 is 0. The van der Waals surface area contributed by atoms with E-state index in [4.69, 9.17) is 4.99 Å². The molecule has 0 fully saturated rings. The Morgan fingerprint density at radius 1 is 0.295 bits per heavy atom. The number of hydrogen-bond acceptors (Lipinski definition) is 4. The lowest BCUT2D eigenvalue weighted by molar-refractivity contribution is 0.158.